The molecule has 6 aromatic carbocycles. The fraction of sp³-hybridized carbons (Fsp3) is 0.208. The highest BCUT2D eigenvalue weighted by Crippen LogP contribution is 2.32. The molecule has 0 bridgehead atoms. The third-order valence-electron chi connectivity index (χ3n) is 10.2. The molecule has 6 aromatic rings. The zero-order chi connectivity index (χ0) is 41.6. The Balaban J connectivity index is 0.000000168. The van der Waals surface area contributed by atoms with Crippen molar-refractivity contribution in [1.29, 1.82) is 0 Å². The number of hydrogen-bond acceptors (Lipinski definition) is 5. The Morgan fingerprint density at radius 3 is 1.32 bits per heavy atom. The van der Waals surface area contributed by atoms with Crippen LogP contribution in [0.25, 0.3) is 0 Å². The summed E-state index contributed by atoms with van der Waals surface area (Å²) in [7, 11) is 0. The second-order valence-corrected chi connectivity index (χ2v) is 15.4. The van der Waals surface area contributed by atoms with E-state index in [-0.39, 0.29) is 23.3 Å². The third kappa shape index (κ3) is 12.5. The van der Waals surface area contributed by atoms with Crippen molar-refractivity contribution in [2.75, 3.05) is 52.4 Å². The molecule has 11 heteroatoms. The van der Waals surface area contributed by atoms with Crippen LogP contribution in [0.15, 0.2) is 158 Å². The van der Waals surface area contributed by atoms with E-state index in [0.717, 1.165) is 50.4 Å². The molecule has 2 heterocycles. The van der Waals surface area contributed by atoms with Crippen LogP contribution in [0, 0.1) is 11.6 Å². The first-order valence-electron chi connectivity index (χ1n) is 19.5. The Morgan fingerprint density at radius 2 is 0.898 bits per heavy atom. The minimum absolute atomic E-state index is 0.0971. The summed E-state index contributed by atoms with van der Waals surface area (Å²) in [4.78, 5) is 29.8. The summed E-state index contributed by atoms with van der Waals surface area (Å²) in [5.74, 6) is -0.959. The van der Waals surface area contributed by atoms with E-state index in [2.05, 4.69) is 81.8 Å². The first-order chi connectivity index (χ1) is 28.7. The molecule has 1 N–H and O–H groups in total. The molecule has 2 fully saturated rings. The number of nitrogens with one attached hydrogen (secondary N) is 1. The number of piperazine rings is 2. The lowest BCUT2D eigenvalue weighted by molar-refractivity contribution is 0.0597. The predicted octanol–water partition coefficient (Wildman–Crippen LogP) is 10.6. The average Bonchev–Trinajstić information content (AvgIpc) is 3.27. The van der Waals surface area contributed by atoms with E-state index in [1.807, 2.05) is 42.5 Å². The lowest BCUT2D eigenvalue weighted by Gasteiger charge is -2.39. The molecule has 0 aliphatic carbocycles. The maximum Gasteiger partial charge on any atom is 0.254 e. The maximum atomic E-state index is 13.5. The minimum atomic E-state index is -0.639. The van der Waals surface area contributed by atoms with Gasteiger partial charge in [0.25, 0.3) is 11.1 Å². The van der Waals surface area contributed by atoms with Gasteiger partial charge in [0, 0.05) is 73.5 Å². The Labute approximate surface area is 359 Å². The number of halogens is 5. The van der Waals surface area contributed by atoms with Crippen molar-refractivity contribution in [3.8, 4) is 0 Å². The summed E-state index contributed by atoms with van der Waals surface area (Å²) in [6.07, 6.45) is 0. The summed E-state index contributed by atoms with van der Waals surface area (Å²) in [6.45, 7) is 6.93. The Morgan fingerprint density at radius 1 is 0.492 bits per heavy atom. The van der Waals surface area contributed by atoms with E-state index in [4.69, 9.17) is 34.8 Å². The van der Waals surface area contributed by atoms with Crippen molar-refractivity contribution in [2.24, 2.45) is 0 Å². The smallest absolute Gasteiger partial charge is 0.254 e. The van der Waals surface area contributed by atoms with Crippen molar-refractivity contribution < 1.29 is 18.4 Å². The lowest BCUT2D eigenvalue weighted by Crippen LogP contribution is -2.49. The lowest BCUT2D eigenvalue weighted by atomic mass is 9.96. The molecule has 2 unspecified atom stereocenters. The first kappa shape index (κ1) is 43.6. The second kappa shape index (κ2) is 21.9. The van der Waals surface area contributed by atoms with Crippen molar-refractivity contribution >= 4 is 46.0 Å². The van der Waals surface area contributed by atoms with Crippen LogP contribution in [0.4, 0.5) is 8.78 Å². The Kier molecular flexibility index (Phi) is 16.2. The van der Waals surface area contributed by atoms with Crippen LogP contribution < -0.4 is 5.32 Å². The SMILES string of the molecule is Clc1ccc(C(c2ccccc2)N2CCNCC2)cc1.O=C(Cl)c1cccc(F)c1.O=C(c1cccc(F)c1)N1CCN(C(c2ccccc2)c2ccc(Cl)cc2)CC1. The number of nitrogens with zero attached hydrogens (tertiary/aromatic N) is 3. The van der Waals surface area contributed by atoms with Gasteiger partial charge >= 0.3 is 0 Å². The largest absolute Gasteiger partial charge is 0.336 e. The molecular formula is C48H45Cl3F2N4O2. The second-order valence-electron chi connectivity index (χ2n) is 14.1. The van der Waals surface area contributed by atoms with Crippen LogP contribution in [0.3, 0.4) is 0 Å². The highest BCUT2D eigenvalue weighted by atomic mass is 35.5. The van der Waals surface area contributed by atoms with Crippen molar-refractivity contribution in [1.82, 2.24) is 20.0 Å². The number of hydrogen-bond donors (Lipinski definition) is 1. The topological polar surface area (TPSA) is 55.9 Å². The molecule has 0 saturated carbocycles. The molecule has 2 aliphatic rings. The molecule has 2 aliphatic heterocycles. The van der Waals surface area contributed by atoms with Gasteiger partial charge in [-0.2, -0.15) is 0 Å². The zero-order valence-electron chi connectivity index (χ0n) is 32.4. The molecule has 8 rings (SSSR count). The molecule has 2 saturated heterocycles. The fourth-order valence-corrected chi connectivity index (χ4v) is 7.70. The van der Waals surface area contributed by atoms with E-state index in [9.17, 15) is 18.4 Å². The third-order valence-corrected chi connectivity index (χ3v) is 10.9. The number of amides is 1. The summed E-state index contributed by atoms with van der Waals surface area (Å²) < 4.78 is 25.8. The molecule has 1 amide bonds. The Hall–Kier alpha value is -4.93. The number of benzene rings is 6. The van der Waals surface area contributed by atoms with Gasteiger partial charge in [-0.05, 0) is 94.5 Å². The van der Waals surface area contributed by atoms with E-state index < -0.39 is 11.1 Å². The van der Waals surface area contributed by atoms with Crippen molar-refractivity contribution in [2.45, 2.75) is 12.1 Å². The van der Waals surface area contributed by atoms with E-state index >= 15 is 0 Å². The number of carbonyl (C=O) groups is 2. The van der Waals surface area contributed by atoms with E-state index in [1.54, 1.807) is 17.0 Å². The normalized spacial score (nSPS) is 15.4. The van der Waals surface area contributed by atoms with Gasteiger partial charge in [-0.3, -0.25) is 19.4 Å². The zero-order valence-corrected chi connectivity index (χ0v) is 34.6. The van der Waals surface area contributed by atoms with Gasteiger partial charge in [0.05, 0.1) is 12.1 Å². The molecule has 0 spiro atoms. The quantitative estimate of drug-likeness (QED) is 0.155. The molecule has 304 valence electrons. The van der Waals surface area contributed by atoms with Crippen LogP contribution in [0.1, 0.15) is 55.1 Å². The van der Waals surface area contributed by atoms with Crippen LogP contribution >= 0.6 is 34.8 Å². The van der Waals surface area contributed by atoms with Gasteiger partial charge in [0.15, 0.2) is 0 Å². The molecular weight excluding hydrogens is 809 g/mol. The van der Waals surface area contributed by atoms with Gasteiger partial charge in [-0.25, -0.2) is 8.78 Å². The summed E-state index contributed by atoms with van der Waals surface area (Å²) in [5, 5.41) is 4.29. The molecule has 0 radical (unpaired) electrons. The highest BCUT2D eigenvalue weighted by Gasteiger charge is 2.29. The van der Waals surface area contributed by atoms with Crippen LogP contribution in [-0.2, 0) is 0 Å². The van der Waals surface area contributed by atoms with Gasteiger partial charge in [0.1, 0.15) is 11.6 Å². The minimum Gasteiger partial charge on any atom is -0.336 e. The summed E-state index contributed by atoms with van der Waals surface area (Å²) in [6, 6.07) is 48.8. The molecule has 0 aromatic heterocycles. The summed E-state index contributed by atoms with van der Waals surface area (Å²) >= 11 is 17.2. The monoisotopic (exact) mass is 852 g/mol. The highest BCUT2D eigenvalue weighted by molar-refractivity contribution is 6.67. The predicted molar refractivity (Wildman–Crippen MR) is 234 cm³/mol. The van der Waals surface area contributed by atoms with Gasteiger partial charge in [0.2, 0.25) is 0 Å². The number of rotatable bonds is 8. The maximum absolute atomic E-state index is 13.5. The number of carbonyl (C=O) groups excluding carboxylic acids is 2. The van der Waals surface area contributed by atoms with E-state index in [0.29, 0.717) is 29.7 Å². The molecule has 59 heavy (non-hydrogen) atoms. The van der Waals surface area contributed by atoms with Gasteiger partial charge < -0.3 is 10.2 Å². The standard InChI is InChI=1S/C24H22ClFN2O.C17H19ClN2.C7H4ClFO/c25-21-11-9-19(10-12-21)23(18-5-2-1-3-6-18)27-13-15-28(16-14-27)24(29)20-7-4-8-22(26)17-20;18-16-8-6-15(7-9-16)17(14-4-2-1-3-5-14)20-12-10-19-11-13-20;8-7(10)5-2-1-3-6(9)4-5/h1-12,17,23H,13-16H2;1-9,17,19H,10-13H2;1-4H. The average molecular weight is 854 g/mol. The van der Waals surface area contributed by atoms with Gasteiger partial charge in [-0.15, -0.1) is 0 Å². The van der Waals surface area contributed by atoms with Crippen molar-refractivity contribution in [3.05, 3.63) is 213 Å². The Bertz CT molecular complexity index is 2240. The van der Waals surface area contributed by atoms with Crippen LogP contribution in [0.2, 0.25) is 10.0 Å². The van der Waals surface area contributed by atoms with Crippen LogP contribution in [-0.4, -0.2) is 78.2 Å². The van der Waals surface area contributed by atoms with Crippen molar-refractivity contribution in [3.63, 3.8) is 0 Å². The molecule has 2 atom stereocenters. The summed E-state index contributed by atoms with van der Waals surface area (Å²) in [5.41, 5.74) is 5.61. The fourth-order valence-electron chi connectivity index (χ4n) is 7.33. The van der Waals surface area contributed by atoms with Crippen LogP contribution in [0.5, 0.6) is 0 Å². The van der Waals surface area contributed by atoms with Gasteiger partial charge in [-0.1, -0.05) is 120 Å². The molecule has 6 nitrogen and oxygen atoms in total. The first-order valence-corrected chi connectivity index (χ1v) is 20.6. The van der Waals surface area contributed by atoms with E-state index in [1.165, 1.54) is 52.6 Å².